The van der Waals surface area contributed by atoms with Crippen LogP contribution in [-0.4, -0.2) is 49.4 Å². The Hall–Kier alpha value is -0.260. The number of nitrogens with one attached hydrogen (secondary N) is 1. The van der Waals surface area contributed by atoms with Crippen LogP contribution in [0, 0.1) is 0 Å². The Bertz CT molecular complexity index is 238. The fourth-order valence-corrected chi connectivity index (χ4v) is 3.35. The van der Waals surface area contributed by atoms with Crippen LogP contribution in [0.2, 0.25) is 0 Å². The van der Waals surface area contributed by atoms with Crippen LogP contribution in [0.25, 0.3) is 0 Å². The average Bonchev–Trinajstić information content (AvgIpc) is 2.77. The summed E-state index contributed by atoms with van der Waals surface area (Å²) in [6.45, 7) is 5.88. The number of rotatable bonds is 9. The first-order chi connectivity index (χ1) is 8.76. The number of carbonyl (C=O) groups is 1. The number of ether oxygens (including phenoxy) is 2. The summed E-state index contributed by atoms with van der Waals surface area (Å²) in [4.78, 5) is 11.0. The summed E-state index contributed by atoms with van der Waals surface area (Å²) in [5.74, 6) is 0.929. The molecule has 1 aliphatic rings. The lowest BCUT2D eigenvalue weighted by molar-refractivity contribution is -0.148. The third-order valence-corrected chi connectivity index (χ3v) is 4.22. The predicted octanol–water partition coefficient (Wildman–Crippen LogP) is 1.83. The van der Waals surface area contributed by atoms with Crippen LogP contribution in [0.3, 0.4) is 0 Å². The molecule has 0 aromatic rings. The maximum absolute atomic E-state index is 11.0. The summed E-state index contributed by atoms with van der Waals surface area (Å²) in [5, 5.41) is 4.31. The molecule has 0 bridgehead atoms. The van der Waals surface area contributed by atoms with Gasteiger partial charge in [0.1, 0.15) is 6.61 Å². The first-order valence-electron chi connectivity index (χ1n) is 6.84. The van der Waals surface area contributed by atoms with Gasteiger partial charge in [-0.3, -0.25) is 0 Å². The van der Waals surface area contributed by atoms with Crippen molar-refractivity contribution < 1.29 is 14.3 Å². The van der Waals surface area contributed by atoms with E-state index in [2.05, 4.69) is 24.0 Å². The minimum absolute atomic E-state index is 0.0640. The normalized spacial score (nSPS) is 23.2. The zero-order valence-electron chi connectivity index (χ0n) is 11.4. The molecule has 0 saturated heterocycles. The quantitative estimate of drug-likeness (QED) is 0.514. The molecule has 0 aromatic heterocycles. The fourth-order valence-electron chi connectivity index (χ4n) is 2.21. The largest absolute Gasteiger partial charge is 0.464 e. The number of hydrogen-bond donors (Lipinski definition) is 1. The highest BCUT2D eigenvalue weighted by atomic mass is 32.2. The second kappa shape index (κ2) is 9.64. The van der Waals surface area contributed by atoms with E-state index in [1.165, 1.54) is 25.0 Å². The Morgan fingerprint density at radius 2 is 2.22 bits per heavy atom. The van der Waals surface area contributed by atoms with Crippen LogP contribution in [-0.2, 0) is 14.3 Å². The van der Waals surface area contributed by atoms with Crippen molar-refractivity contribution in [3.05, 3.63) is 0 Å². The van der Waals surface area contributed by atoms with Crippen molar-refractivity contribution in [3.8, 4) is 0 Å². The van der Waals surface area contributed by atoms with Crippen molar-refractivity contribution in [1.29, 1.82) is 0 Å². The Balaban J connectivity index is 1.94. The maximum atomic E-state index is 11.0. The van der Waals surface area contributed by atoms with Gasteiger partial charge in [-0.2, -0.15) is 11.8 Å². The molecule has 2 unspecified atom stereocenters. The SMILES string of the molecule is CCOC(=O)COCCNC1CCC(SCC)C1. The molecule has 0 aromatic carbocycles. The molecule has 1 aliphatic carbocycles. The highest BCUT2D eigenvalue weighted by Crippen LogP contribution is 2.29. The van der Waals surface area contributed by atoms with Gasteiger partial charge < -0.3 is 14.8 Å². The Kier molecular flexibility index (Phi) is 8.46. The van der Waals surface area contributed by atoms with E-state index in [0.29, 0.717) is 19.3 Å². The standard InChI is InChI=1S/C13H25NO3S/c1-3-17-13(15)10-16-8-7-14-11-5-6-12(9-11)18-4-2/h11-12,14H,3-10H2,1-2H3. The minimum atomic E-state index is -0.280. The molecule has 5 heteroatoms. The smallest absolute Gasteiger partial charge is 0.332 e. The van der Waals surface area contributed by atoms with Crippen molar-refractivity contribution in [2.24, 2.45) is 0 Å². The van der Waals surface area contributed by atoms with Crippen LogP contribution >= 0.6 is 11.8 Å². The second-order valence-electron chi connectivity index (χ2n) is 4.40. The minimum Gasteiger partial charge on any atom is -0.464 e. The van der Waals surface area contributed by atoms with Crippen LogP contribution < -0.4 is 5.32 Å². The first-order valence-corrected chi connectivity index (χ1v) is 7.89. The van der Waals surface area contributed by atoms with E-state index in [-0.39, 0.29) is 12.6 Å². The molecule has 0 aliphatic heterocycles. The molecule has 0 radical (unpaired) electrons. The molecular weight excluding hydrogens is 250 g/mol. The van der Waals surface area contributed by atoms with Crippen molar-refractivity contribution in [2.75, 3.05) is 32.1 Å². The fraction of sp³-hybridized carbons (Fsp3) is 0.923. The van der Waals surface area contributed by atoms with Crippen LogP contribution in [0.4, 0.5) is 0 Å². The summed E-state index contributed by atoms with van der Waals surface area (Å²) in [6, 6.07) is 0.625. The summed E-state index contributed by atoms with van der Waals surface area (Å²) in [7, 11) is 0. The zero-order chi connectivity index (χ0) is 13.2. The van der Waals surface area contributed by atoms with Gasteiger partial charge >= 0.3 is 5.97 Å². The molecule has 0 amide bonds. The molecule has 0 heterocycles. The molecular formula is C13H25NO3S. The highest BCUT2D eigenvalue weighted by Gasteiger charge is 2.23. The lowest BCUT2D eigenvalue weighted by atomic mass is 10.2. The van der Waals surface area contributed by atoms with Gasteiger partial charge in [-0.25, -0.2) is 4.79 Å². The summed E-state index contributed by atoms with van der Waals surface area (Å²) in [5.41, 5.74) is 0. The summed E-state index contributed by atoms with van der Waals surface area (Å²) < 4.78 is 10.0. The van der Waals surface area contributed by atoms with E-state index in [9.17, 15) is 4.79 Å². The zero-order valence-corrected chi connectivity index (χ0v) is 12.3. The van der Waals surface area contributed by atoms with Crippen molar-refractivity contribution in [1.82, 2.24) is 5.32 Å². The molecule has 1 saturated carbocycles. The molecule has 4 nitrogen and oxygen atoms in total. The topological polar surface area (TPSA) is 47.6 Å². The third kappa shape index (κ3) is 6.61. The highest BCUT2D eigenvalue weighted by molar-refractivity contribution is 7.99. The Morgan fingerprint density at radius 1 is 1.39 bits per heavy atom. The predicted molar refractivity (Wildman–Crippen MR) is 75.0 cm³/mol. The van der Waals surface area contributed by atoms with Gasteiger partial charge in [-0.1, -0.05) is 6.92 Å². The lowest BCUT2D eigenvalue weighted by Crippen LogP contribution is -2.30. The monoisotopic (exact) mass is 275 g/mol. The van der Waals surface area contributed by atoms with Crippen LogP contribution in [0.1, 0.15) is 33.1 Å². The molecule has 1 N–H and O–H groups in total. The molecule has 1 fully saturated rings. The van der Waals surface area contributed by atoms with Crippen LogP contribution in [0.15, 0.2) is 0 Å². The van der Waals surface area contributed by atoms with Gasteiger partial charge in [-0.15, -0.1) is 0 Å². The molecule has 1 rings (SSSR count). The van der Waals surface area contributed by atoms with E-state index < -0.39 is 0 Å². The van der Waals surface area contributed by atoms with Gasteiger partial charge in [-0.05, 0) is 31.9 Å². The van der Waals surface area contributed by atoms with Gasteiger partial charge in [0.25, 0.3) is 0 Å². The molecule has 2 atom stereocenters. The van der Waals surface area contributed by atoms with E-state index >= 15 is 0 Å². The van der Waals surface area contributed by atoms with E-state index in [0.717, 1.165) is 11.8 Å². The van der Waals surface area contributed by atoms with Crippen molar-refractivity contribution >= 4 is 17.7 Å². The second-order valence-corrected chi connectivity index (χ2v) is 5.98. The summed E-state index contributed by atoms with van der Waals surface area (Å²) in [6.07, 6.45) is 3.84. The first kappa shape index (κ1) is 15.8. The number of hydrogen-bond acceptors (Lipinski definition) is 5. The summed E-state index contributed by atoms with van der Waals surface area (Å²) >= 11 is 2.06. The lowest BCUT2D eigenvalue weighted by Gasteiger charge is -2.13. The molecule has 106 valence electrons. The van der Waals surface area contributed by atoms with Gasteiger partial charge in [0.05, 0.1) is 13.2 Å². The average molecular weight is 275 g/mol. The van der Waals surface area contributed by atoms with Crippen LogP contribution in [0.5, 0.6) is 0 Å². The van der Waals surface area contributed by atoms with Gasteiger partial charge in [0, 0.05) is 17.8 Å². The Morgan fingerprint density at radius 3 is 2.94 bits per heavy atom. The van der Waals surface area contributed by atoms with Crippen molar-refractivity contribution in [2.45, 2.75) is 44.4 Å². The van der Waals surface area contributed by atoms with Gasteiger partial charge in [0.15, 0.2) is 0 Å². The van der Waals surface area contributed by atoms with E-state index in [1.54, 1.807) is 6.92 Å². The number of esters is 1. The third-order valence-electron chi connectivity index (χ3n) is 2.99. The van der Waals surface area contributed by atoms with E-state index in [1.807, 2.05) is 0 Å². The molecule has 18 heavy (non-hydrogen) atoms. The number of carbonyl (C=O) groups excluding carboxylic acids is 1. The molecule has 0 spiro atoms. The number of thioether (sulfide) groups is 1. The van der Waals surface area contributed by atoms with Gasteiger partial charge in [0.2, 0.25) is 0 Å². The van der Waals surface area contributed by atoms with E-state index in [4.69, 9.17) is 9.47 Å². The maximum Gasteiger partial charge on any atom is 0.332 e. The Labute approximate surface area is 114 Å². The van der Waals surface area contributed by atoms with Crippen molar-refractivity contribution in [3.63, 3.8) is 0 Å².